The summed E-state index contributed by atoms with van der Waals surface area (Å²) < 4.78 is 5.42. The lowest BCUT2D eigenvalue weighted by Crippen LogP contribution is -2.41. The second-order valence-corrected chi connectivity index (χ2v) is 4.11. The summed E-state index contributed by atoms with van der Waals surface area (Å²) in [5.41, 5.74) is 5.44. The van der Waals surface area contributed by atoms with Crippen LogP contribution in [0.2, 0.25) is 0 Å². The normalized spacial score (nSPS) is 27.7. The minimum Gasteiger partial charge on any atom is -0.378 e. The first-order valence-electron chi connectivity index (χ1n) is 5.24. The van der Waals surface area contributed by atoms with Gasteiger partial charge in [-0.1, -0.05) is 0 Å². The minimum absolute atomic E-state index is 0. The first-order valence-corrected chi connectivity index (χ1v) is 5.24. The summed E-state index contributed by atoms with van der Waals surface area (Å²) in [5, 5.41) is 2.85. The van der Waals surface area contributed by atoms with Crippen LogP contribution in [0.3, 0.4) is 0 Å². The number of nitrogens with one attached hydrogen (secondary N) is 1. The zero-order valence-electron chi connectivity index (χ0n) is 9.36. The molecule has 1 saturated heterocycles. The summed E-state index contributed by atoms with van der Waals surface area (Å²) in [5.74, 6) is 0.477. The molecule has 1 amide bonds. The van der Waals surface area contributed by atoms with E-state index in [4.69, 9.17) is 10.5 Å². The number of ether oxygens (including phenoxy) is 1. The van der Waals surface area contributed by atoms with E-state index in [9.17, 15) is 4.79 Å². The summed E-state index contributed by atoms with van der Waals surface area (Å²) in [7, 11) is 0. The molecule has 3 N–H and O–H groups in total. The Morgan fingerprint density at radius 1 is 1.67 bits per heavy atom. The van der Waals surface area contributed by atoms with Crippen molar-refractivity contribution in [2.24, 2.45) is 11.7 Å². The van der Waals surface area contributed by atoms with Gasteiger partial charge in [0, 0.05) is 13.2 Å². The van der Waals surface area contributed by atoms with Gasteiger partial charge in [-0.2, -0.15) is 0 Å². The summed E-state index contributed by atoms with van der Waals surface area (Å²) in [6.45, 7) is 5.30. The Balaban J connectivity index is 0.00000196. The Morgan fingerprint density at radius 3 is 2.87 bits per heavy atom. The monoisotopic (exact) mass is 236 g/mol. The molecule has 15 heavy (non-hydrogen) atoms. The van der Waals surface area contributed by atoms with Crippen LogP contribution in [0.1, 0.15) is 26.7 Å². The van der Waals surface area contributed by atoms with Crippen molar-refractivity contribution in [3.8, 4) is 0 Å². The van der Waals surface area contributed by atoms with Crippen molar-refractivity contribution in [2.75, 3.05) is 13.2 Å². The van der Waals surface area contributed by atoms with Crippen molar-refractivity contribution < 1.29 is 9.53 Å². The molecule has 5 heteroatoms. The molecule has 0 aromatic heterocycles. The van der Waals surface area contributed by atoms with Crippen molar-refractivity contribution in [1.82, 2.24) is 5.32 Å². The zero-order chi connectivity index (χ0) is 10.6. The van der Waals surface area contributed by atoms with Crippen LogP contribution in [0.5, 0.6) is 0 Å². The second-order valence-electron chi connectivity index (χ2n) is 4.11. The molecule has 0 aliphatic carbocycles. The van der Waals surface area contributed by atoms with Gasteiger partial charge in [0.05, 0.1) is 12.1 Å². The van der Waals surface area contributed by atoms with E-state index >= 15 is 0 Å². The van der Waals surface area contributed by atoms with Gasteiger partial charge in [0.25, 0.3) is 0 Å². The number of halogens is 1. The van der Waals surface area contributed by atoms with E-state index in [1.54, 1.807) is 6.92 Å². The molecule has 0 aromatic rings. The van der Waals surface area contributed by atoms with E-state index in [0.717, 1.165) is 26.0 Å². The maximum absolute atomic E-state index is 11.2. The Hall–Kier alpha value is -0.320. The Labute approximate surface area is 97.3 Å². The molecule has 1 heterocycles. The third-order valence-corrected chi connectivity index (χ3v) is 2.57. The zero-order valence-corrected chi connectivity index (χ0v) is 10.2. The van der Waals surface area contributed by atoms with Crippen LogP contribution in [0.4, 0.5) is 0 Å². The van der Waals surface area contributed by atoms with E-state index in [2.05, 4.69) is 12.2 Å². The van der Waals surface area contributed by atoms with Gasteiger partial charge in [0.15, 0.2) is 0 Å². The fraction of sp³-hybridized carbons (Fsp3) is 0.900. The third kappa shape index (κ3) is 5.35. The number of carbonyl (C=O) groups excluding carboxylic acids is 1. The largest absolute Gasteiger partial charge is 0.378 e. The predicted molar refractivity (Wildman–Crippen MR) is 62.0 cm³/mol. The highest BCUT2D eigenvalue weighted by molar-refractivity contribution is 5.85. The molecule has 3 unspecified atom stereocenters. The van der Waals surface area contributed by atoms with Gasteiger partial charge in [-0.15, -0.1) is 12.4 Å². The molecule has 1 rings (SSSR count). The fourth-order valence-corrected chi connectivity index (χ4v) is 1.68. The van der Waals surface area contributed by atoms with Crippen molar-refractivity contribution in [2.45, 2.75) is 38.8 Å². The topological polar surface area (TPSA) is 64.4 Å². The molecule has 0 spiro atoms. The van der Waals surface area contributed by atoms with Gasteiger partial charge in [0.2, 0.25) is 5.91 Å². The molecular weight excluding hydrogens is 216 g/mol. The van der Waals surface area contributed by atoms with Crippen LogP contribution in [0.15, 0.2) is 0 Å². The van der Waals surface area contributed by atoms with E-state index in [-0.39, 0.29) is 18.3 Å². The number of nitrogens with two attached hydrogens (primary N) is 1. The highest BCUT2D eigenvalue weighted by atomic mass is 35.5. The van der Waals surface area contributed by atoms with Gasteiger partial charge in [0.1, 0.15) is 0 Å². The molecule has 90 valence electrons. The molecule has 1 fully saturated rings. The molecular formula is C10H21ClN2O2. The van der Waals surface area contributed by atoms with Crippen molar-refractivity contribution in [1.29, 1.82) is 0 Å². The van der Waals surface area contributed by atoms with Crippen LogP contribution < -0.4 is 11.1 Å². The van der Waals surface area contributed by atoms with Crippen molar-refractivity contribution >= 4 is 18.3 Å². The maximum Gasteiger partial charge on any atom is 0.236 e. The molecule has 0 bridgehead atoms. The lowest BCUT2D eigenvalue weighted by atomic mass is 9.96. The minimum atomic E-state index is -0.410. The number of amides is 1. The van der Waals surface area contributed by atoms with Gasteiger partial charge in [-0.3, -0.25) is 4.79 Å². The van der Waals surface area contributed by atoms with Crippen LogP contribution in [0, 0.1) is 5.92 Å². The number of hydrogen-bond acceptors (Lipinski definition) is 3. The van der Waals surface area contributed by atoms with Crippen LogP contribution in [-0.4, -0.2) is 31.2 Å². The number of hydrogen-bond donors (Lipinski definition) is 2. The standard InChI is InChI=1S/C10H20N2O2.ClH/c1-7-5-9(3-4-14-7)6-12-10(13)8(2)11;/h7-9H,3-6,11H2,1-2H3,(H,12,13);1H. The molecule has 0 radical (unpaired) electrons. The smallest absolute Gasteiger partial charge is 0.236 e. The van der Waals surface area contributed by atoms with Crippen LogP contribution in [-0.2, 0) is 9.53 Å². The Bertz CT molecular complexity index is 200. The second kappa shape index (κ2) is 7.04. The summed E-state index contributed by atoms with van der Waals surface area (Å²) in [4.78, 5) is 11.2. The molecule has 0 aromatic carbocycles. The third-order valence-electron chi connectivity index (χ3n) is 2.57. The van der Waals surface area contributed by atoms with Crippen molar-refractivity contribution in [3.63, 3.8) is 0 Å². The first kappa shape index (κ1) is 14.7. The Morgan fingerprint density at radius 2 is 2.33 bits per heavy atom. The lowest BCUT2D eigenvalue weighted by Gasteiger charge is -2.27. The summed E-state index contributed by atoms with van der Waals surface area (Å²) in [6, 6.07) is -0.410. The number of rotatable bonds is 3. The summed E-state index contributed by atoms with van der Waals surface area (Å²) in [6.07, 6.45) is 2.38. The molecule has 1 aliphatic rings. The SMILES string of the molecule is CC1CC(CNC(=O)C(C)N)CCO1.Cl. The summed E-state index contributed by atoms with van der Waals surface area (Å²) >= 11 is 0. The van der Waals surface area contributed by atoms with E-state index in [0.29, 0.717) is 12.0 Å². The predicted octanol–water partition coefficient (Wildman–Crippen LogP) is 0.687. The van der Waals surface area contributed by atoms with Crippen LogP contribution >= 0.6 is 12.4 Å². The molecule has 1 aliphatic heterocycles. The highest BCUT2D eigenvalue weighted by Crippen LogP contribution is 2.18. The van der Waals surface area contributed by atoms with Crippen molar-refractivity contribution in [3.05, 3.63) is 0 Å². The quantitative estimate of drug-likeness (QED) is 0.758. The molecule has 3 atom stereocenters. The van der Waals surface area contributed by atoms with Gasteiger partial charge < -0.3 is 15.8 Å². The van der Waals surface area contributed by atoms with E-state index in [1.807, 2.05) is 0 Å². The van der Waals surface area contributed by atoms with Gasteiger partial charge in [-0.25, -0.2) is 0 Å². The maximum atomic E-state index is 11.2. The lowest BCUT2D eigenvalue weighted by molar-refractivity contribution is -0.122. The molecule has 4 nitrogen and oxygen atoms in total. The average molecular weight is 237 g/mol. The average Bonchev–Trinajstić information content (AvgIpc) is 2.14. The first-order chi connectivity index (χ1) is 6.59. The van der Waals surface area contributed by atoms with Crippen LogP contribution in [0.25, 0.3) is 0 Å². The van der Waals surface area contributed by atoms with E-state index < -0.39 is 6.04 Å². The molecule has 0 saturated carbocycles. The van der Waals surface area contributed by atoms with Gasteiger partial charge in [-0.05, 0) is 32.6 Å². The highest BCUT2D eigenvalue weighted by Gasteiger charge is 2.20. The fourth-order valence-electron chi connectivity index (χ4n) is 1.68. The number of carbonyl (C=O) groups is 1. The Kier molecular flexibility index (Phi) is 6.89. The van der Waals surface area contributed by atoms with E-state index in [1.165, 1.54) is 0 Å². The van der Waals surface area contributed by atoms with Gasteiger partial charge >= 0.3 is 0 Å².